The molecule has 1 aromatic rings. The van der Waals surface area contributed by atoms with Crippen LogP contribution in [0.15, 0.2) is 24.3 Å². The average molecular weight is 360 g/mol. The zero-order chi connectivity index (χ0) is 17.8. The highest BCUT2D eigenvalue weighted by Crippen LogP contribution is 2.15. The Morgan fingerprint density at radius 3 is 2.50 bits per heavy atom. The minimum Gasteiger partial charge on any atom is -0.484 e. The summed E-state index contributed by atoms with van der Waals surface area (Å²) in [5, 5.41) is 9.26. The van der Waals surface area contributed by atoms with Gasteiger partial charge >= 0.3 is 5.97 Å². The molecule has 0 heterocycles. The fourth-order valence-corrected chi connectivity index (χ4v) is 1.92. The number of hydrogen-bond acceptors (Lipinski definition) is 6. The summed E-state index contributed by atoms with van der Waals surface area (Å²) in [4.78, 5) is 25.0. The maximum Gasteiger partial charge on any atom is 0.307 e. The molecule has 0 bridgehead atoms. The number of benzene rings is 1. The van der Waals surface area contributed by atoms with Crippen LogP contribution in [0.5, 0.6) is 5.75 Å². The minimum atomic E-state index is -0.400. The number of hydrogen-bond donors (Lipinski definition) is 1. The molecule has 0 aliphatic rings. The standard InChI is InChI=1S/C16H22ClNO6/c1-22-16(21)6-7-18(8-10-23-11-9-19)15(20)12-24-14-4-2-13(17)3-5-14/h2-5,19H,6-12H2,1H3. The average Bonchev–Trinajstić information content (AvgIpc) is 2.60. The number of esters is 1. The van der Waals surface area contributed by atoms with E-state index in [0.29, 0.717) is 17.3 Å². The molecule has 0 saturated carbocycles. The lowest BCUT2D eigenvalue weighted by Gasteiger charge is -2.22. The predicted molar refractivity (Wildman–Crippen MR) is 88.1 cm³/mol. The lowest BCUT2D eigenvalue weighted by atomic mass is 10.3. The smallest absolute Gasteiger partial charge is 0.307 e. The van der Waals surface area contributed by atoms with Crippen molar-refractivity contribution in [2.45, 2.75) is 6.42 Å². The number of carbonyl (C=O) groups excluding carboxylic acids is 2. The van der Waals surface area contributed by atoms with E-state index in [-0.39, 0.29) is 45.3 Å². The van der Waals surface area contributed by atoms with Crippen LogP contribution in [0.2, 0.25) is 5.02 Å². The van der Waals surface area contributed by atoms with Crippen molar-refractivity contribution >= 4 is 23.5 Å². The quantitative estimate of drug-likeness (QED) is 0.471. The first-order valence-electron chi connectivity index (χ1n) is 7.48. The second-order valence-corrected chi connectivity index (χ2v) is 5.22. The van der Waals surface area contributed by atoms with Gasteiger partial charge in [0, 0.05) is 18.1 Å². The van der Waals surface area contributed by atoms with Crippen molar-refractivity contribution < 1.29 is 28.9 Å². The van der Waals surface area contributed by atoms with Crippen LogP contribution in [0.1, 0.15) is 6.42 Å². The molecule has 7 nitrogen and oxygen atoms in total. The fraction of sp³-hybridized carbons (Fsp3) is 0.500. The number of halogens is 1. The number of rotatable bonds is 11. The normalized spacial score (nSPS) is 10.3. The van der Waals surface area contributed by atoms with Crippen LogP contribution < -0.4 is 4.74 Å². The molecule has 8 heteroatoms. The Bertz CT molecular complexity index is 508. The van der Waals surface area contributed by atoms with Crippen molar-refractivity contribution in [1.29, 1.82) is 0 Å². The lowest BCUT2D eigenvalue weighted by molar-refractivity contribution is -0.142. The number of methoxy groups -OCH3 is 1. The van der Waals surface area contributed by atoms with Gasteiger partial charge in [0.05, 0.1) is 33.4 Å². The van der Waals surface area contributed by atoms with Gasteiger partial charge in [-0.25, -0.2) is 0 Å². The van der Waals surface area contributed by atoms with Crippen molar-refractivity contribution in [2.75, 3.05) is 46.6 Å². The molecule has 24 heavy (non-hydrogen) atoms. The van der Waals surface area contributed by atoms with Gasteiger partial charge in [0.1, 0.15) is 5.75 Å². The van der Waals surface area contributed by atoms with Crippen LogP contribution in [0, 0.1) is 0 Å². The topological polar surface area (TPSA) is 85.3 Å². The minimum absolute atomic E-state index is 0.0865. The summed E-state index contributed by atoms with van der Waals surface area (Å²) < 4.78 is 15.2. The van der Waals surface area contributed by atoms with Crippen LogP contribution in [-0.2, 0) is 19.1 Å². The molecule has 1 N–H and O–H groups in total. The van der Waals surface area contributed by atoms with Gasteiger partial charge in [-0.1, -0.05) is 11.6 Å². The number of aliphatic hydroxyl groups excluding tert-OH is 1. The van der Waals surface area contributed by atoms with Crippen molar-refractivity contribution in [3.63, 3.8) is 0 Å². The summed E-state index contributed by atoms with van der Waals surface area (Å²) in [5.74, 6) is -0.152. The Kier molecular flexibility index (Phi) is 9.83. The van der Waals surface area contributed by atoms with Crippen LogP contribution >= 0.6 is 11.6 Å². The third-order valence-corrected chi connectivity index (χ3v) is 3.34. The van der Waals surface area contributed by atoms with Gasteiger partial charge in [-0.2, -0.15) is 0 Å². The monoisotopic (exact) mass is 359 g/mol. The molecule has 0 fully saturated rings. The number of amides is 1. The predicted octanol–water partition coefficient (Wildman–Crippen LogP) is 1.12. The van der Waals surface area contributed by atoms with E-state index in [9.17, 15) is 9.59 Å². The maximum absolute atomic E-state index is 12.3. The second kappa shape index (κ2) is 11.7. The van der Waals surface area contributed by atoms with Gasteiger partial charge in [0.25, 0.3) is 5.91 Å². The summed E-state index contributed by atoms with van der Waals surface area (Å²) >= 11 is 5.79. The number of ether oxygens (including phenoxy) is 3. The summed E-state index contributed by atoms with van der Waals surface area (Å²) in [7, 11) is 1.29. The molecule has 0 radical (unpaired) electrons. The van der Waals surface area contributed by atoms with Crippen molar-refractivity contribution in [1.82, 2.24) is 4.90 Å². The third-order valence-electron chi connectivity index (χ3n) is 3.08. The molecule has 0 unspecified atom stereocenters. The zero-order valence-corrected chi connectivity index (χ0v) is 14.3. The lowest BCUT2D eigenvalue weighted by Crippen LogP contribution is -2.39. The Labute approximate surface area is 146 Å². The van der Waals surface area contributed by atoms with Gasteiger partial charge in [0.15, 0.2) is 6.61 Å². The van der Waals surface area contributed by atoms with E-state index in [1.165, 1.54) is 12.0 Å². The van der Waals surface area contributed by atoms with Gasteiger partial charge in [0.2, 0.25) is 0 Å². The number of nitrogens with zero attached hydrogens (tertiary/aromatic N) is 1. The fourth-order valence-electron chi connectivity index (χ4n) is 1.80. The molecule has 0 spiro atoms. The van der Waals surface area contributed by atoms with E-state index in [2.05, 4.69) is 4.74 Å². The van der Waals surface area contributed by atoms with Crippen LogP contribution in [0.3, 0.4) is 0 Å². The first-order chi connectivity index (χ1) is 11.6. The molecule has 0 saturated heterocycles. The molecule has 0 aromatic heterocycles. The van der Waals surface area contributed by atoms with Crippen LogP contribution in [0.25, 0.3) is 0 Å². The maximum atomic E-state index is 12.3. The van der Waals surface area contributed by atoms with Crippen molar-refractivity contribution in [2.24, 2.45) is 0 Å². The van der Waals surface area contributed by atoms with E-state index in [1.807, 2.05) is 0 Å². The molecular weight excluding hydrogens is 338 g/mol. The molecule has 134 valence electrons. The van der Waals surface area contributed by atoms with E-state index >= 15 is 0 Å². The molecule has 0 atom stereocenters. The molecule has 0 aliphatic carbocycles. The third kappa shape index (κ3) is 8.14. The van der Waals surface area contributed by atoms with Crippen LogP contribution in [-0.4, -0.2) is 68.5 Å². The highest BCUT2D eigenvalue weighted by atomic mass is 35.5. The Balaban J connectivity index is 2.50. The first-order valence-corrected chi connectivity index (χ1v) is 7.86. The SMILES string of the molecule is COC(=O)CCN(CCOCCO)C(=O)COc1ccc(Cl)cc1. The zero-order valence-electron chi connectivity index (χ0n) is 13.6. The van der Waals surface area contributed by atoms with E-state index in [0.717, 1.165) is 0 Å². The van der Waals surface area contributed by atoms with E-state index < -0.39 is 5.97 Å². The van der Waals surface area contributed by atoms with Crippen molar-refractivity contribution in [3.8, 4) is 5.75 Å². The molecule has 0 aliphatic heterocycles. The number of carbonyl (C=O) groups is 2. The Hall–Kier alpha value is -1.83. The summed E-state index contributed by atoms with van der Waals surface area (Å²) in [6.07, 6.45) is 0.0865. The highest BCUT2D eigenvalue weighted by Gasteiger charge is 2.16. The van der Waals surface area contributed by atoms with Gasteiger partial charge in [-0.3, -0.25) is 9.59 Å². The van der Waals surface area contributed by atoms with Gasteiger partial charge in [-0.05, 0) is 24.3 Å². The molecule has 1 aromatic carbocycles. The highest BCUT2D eigenvalue weighted by molar-refractivity contribution is 6.30. The van der Waals surface area contributed by atoms with E-state index in [4.69, 9.17) is 26.2 Å². The largest absolute Gasteiger partial charge is 0.484 e. The second-order valence-electron chi connectivity index (χ2n) is 4.79. The summed E-state index contributed by atoms with van der Waals surface area (Å²) in [5.41, 5.74) is 0. The Morgan fingerprint density at radius 2 is 1.88 bits per heavy atom. The van der Waals surface area contributed by atoms with Gasteiger partial charge in [-0.15, -0.1) is 0 Å². The number of aliphatic hydroxyl groups is 1. The Morgan fingerprint density at radius 1 is 1.17 bits per heavy atom. The molecular formula is C16H22ClNO6. The van der Waals surface area contributed by atoms with Crippen LogP contribution in [0.4, 0.5) is 0 Å². The van der Waals surface area contributed by atoms with Gasteiger partial charge < -0.3 is 24.2 Å². The van der Waals surface area contributed by atoms with E-state index in [1.54, 1.807) is 24.3 Å². The molecule has 1 rings (SSSR count). The summed E-state index contributed by atoms with van der Waals surface area (Å²) in [6.45, 7) is 0.699. The van der Waals surface area contributed by atoms with Crippen molar-refractivity contribution in [3.05, 3.63) is 29.3 Å². The first kappa shape index (κ1) is 20.2. The summed E-state index contributed by atoms with van der Waals surface area (Å²) in [6, 6.07) is 6.66. The molecule has 1 amide bonds.